The Morgan fingerprint density at radius 2 is 1.36 bits per heavy atom. The number of aromatic amines is 1. The van der Waals surface area contributed by atoms with Gasteiger partial charge in [-0.05, 0) is 63.4 Å². The van der Waals surface area contributed by atoms with Crippen LogP contribution in [0.15, 0.2) is 60.8 Å². The number of primary amides is 1. The standard InChI is InChI=1S/C37H49N7O9S.C7H17NO5/c1-37(2,3)53-36(52)39-16-14-30(45)41-28(19-23-21-40-25-13-9-8-12-24(23)25)34(50)42-26(15-17-54-4)33(49)44-29(20-31(46)47)35(51)43-27(32(38)48)18-22-10-6-5-7-11-22;1-8-2-4(10)6(12)7(13)5(11)3-9/h5-13,21,26-29,40H,14-20H2,1-4H3,(H2,38,48)(H,39,52)(H,41,45)(H,42,50)(H,43,51)(H,44,49)(H,46,47);4-13H,2-3H2,1H3/t26-,27-,28-,29-;4-,5+,6+,7+/m00/s1. The van der Waals surface area contributed by atoms with Crippen LogP contribution < -0.4 is 37.6 Å². The second-order valence-electron chi connectivity index (χ2n) is 16.4. The fourth-order valence-corrected chi connectivity index (χ4v) is 6.73. The highest BCUT2D eigenvalue weighted by atomic mass is 32.2. The van der Waals surface area contributed by atoms with E-state index in [2.05, 4.69) is 36.9 Å². The molecule has 1 aromatic heterocycles. The Kier molecular flexibility index (Phi) is 24.8. The van der Waals surface area contributed by atoms with Gasteiger partial charge in [-0.15, -0.1) is 0 Å². The van der Waals surface area contributed by atoms with Crippen molar-refractivity contribution in [3.05, 3.63) is 71.9 Å². The van der Waals surface area contributed by atoms with Gasteiger partial charge in [-0.3, -0.25) is 28.8 Å². The minimum Gasteiger partial charge on any atom is -0.481 e. The number of H-pyrrole nitrogens is 1. The number of nitrogens with two attached hydrogens (primary N) is 1. The van der Waals surface area contributed by atoms with E-state index < -0.39 is 109 Å². The average Bonchev–Trinajstić information content (AvgIpc) is 3.68. The number of carboxylic acid groups (broad SMARTS) is 1. The molecule has 0 aliphatic heterocycles. The molecule has 1 heterocycles. The Bertz CT molecular complexity index is 2050. The fraction of sp³-hybridized carbons (Fsp3) is 0.523. The number of aliphatic carboxylic acids is 1. The normalized spacial score (nSPS) is 14.8. The van der Waals surface area contributed by atoms with E-state index in [-0.39, 0.29) is 38.8 Å². The van der Waals surface area contributed by atoms with Crippen LogP contribution in [-0.4, -0.2) is 170 Å². The molecule has 2 aromatic carbocycles. The maximum atomic E-state index is 13.9. The van der Waals surface area contributed by atoms with Crippen molar-refractivity contribution < 1.29 is 68.9 Å². The van der Waals surface area contributed by atoms with Crippen LogP contribution in [0.5, 0.6) is 0 Å². The first-order valence-electron chi connectivity index (χ1n) is 21.3. The van der Waals surface area contributed by atoms with Crippen LogP contribution >= 0.6 is 11.8 Å². The van der Waals surface area contributed by atoms with Crippen LogP contribution in [-0.2, 0) is 46.3 Å². The monoisotopic (exact) mass is 962 g/mol. The Morgan fingerprint density at radius 3 is 1.96 bits per heavy atom. The number of para-hydroxylation sites is 1. The number of nitrogens with one attached hydrogen (secondary N) is 7. The van der Waals surface area contributed by atoms with Crippen LogP contribution in [0.4, 0.5) is 4.79 Å². The number of carboxylic acids is 1. The zero-order chi connectivity index (χ0) is 50.3. The predicted octanol–water partition coefficient (Wildman–Crippen LogP) is -1.84. The summed E-state index contributed by atoms with van der Waals surface area (Å²) in [7, 11) is 1.57. The Balaban J connectivity index is 0.00000103. The number of fused-ring (bicyclic) bond motifs is 1. The quantitative estimate of drug-likeness (QED) is 0.0420. The fourth-order valence-electron chi connectivity index (χ4n) is 6.26. The number of thioether (sulfide) groups is 1. The van der Waals surface area contributed by atoms with Crippen molar-refractivity contribution in [1.82, 2.24) is 36.9 Å². The molecule has 0 unspecified atom stereocenters. The SMILES string of the molecule is CNC[C@H](O)[C@@H](O)[C@H](O)[C@H](O)CO.CSCC[C@H](NC(=O)[C@H](Cc1c[nH]c2ccccc12)NC(=O)CCNC(=O)OC(C)(C)C)C(=O)N[C@@H](CC(=O)O)C(=O)N[C@@H](Cc1ccccc1)C(N)=O. The molecule has 0 aliphatic carbocycles. The number of benzene rings is 2. The number of aliphatic hydroxyl groups excluding tert-OH is 5. The number of carbonyl (C=O) groups is 7. The summed E-state index contributed by atoms with van der Waals surface area (Å²) < 4.78 is 5.20. The minimum absolute atomic E-state index is 0.0257. The number of aromatic nitrogens is 1. The first-order chi connectivity index (χ1) is 31.6. The number of hydrogen-bond donors (Lipinski definition) is 14. The second-order valence-corrected chi connectivity index (χ2v) is 17.4. The summed E-state index contributed by atoms with van der Waals surface area (Å²) in [5.41, 5.74) is 7.00. The number of hydrogen-bond acceptors (Lipinski definition) is 15. The van der Waals surface area contributed by atoms with Gasteiger partial charge in [0.1, 0.15) is 48.1 Å². The van der Waals surface area contributed by atoms with E-state index in [1.807, 2.05) is 24.3 Å². The van der Waals surface area contributed by atoms with E-state index in [0.29, 0.717) is 16.9 Å². The maximum Gasteiger partial charge on any atom is 0.407 e. The molecule has 0 fully saturated rings. The van der Waals surface area contributed by atoms with Gasteiger partial charge < -0.3 is 78.0 Å². The van der Waals surface area contributed by atoms with Gasteiger partial charge in [0.2, 0.25) is 29.5 Å². The zero-order valence-corrected chi connectivity index (χ0v) is 39.0. The third-order valence-corrected chi connectivity index (χ3v) is 10.4. The molecular formula is C44H66N8O14S. The summed E-state index contributed by atoms with van der Waals surface area (Å²) in [5, 5.41) is 70.6. The van der Waals surface area contributed by atoms with Gasteiger partial charge >= 0.3 is 12.1 Å². The van der Waals surface area contributed by atoms with Gasteiger partial charge in [-0.25, -0.2) is 4.79 Å². The highest BCUT2D eigenvalue weighted by Crippen LogP contribution is 2.20. The Hall–Kier alpha value is -5.82. The first kappa shape index (κ1) is 57.3. The molecule has 0 aliphatic rings. The summed E-state index contributed by atoms with van der Waals surface area (Å²) in [6.45, 7) is 4.46. The van der Waals surface area contributed by atoms with Gasteiger partial charge in [0.15, 0.2) is 0 Å². The number of likely N-dealkylation sites (N-methyl/N-ethyl adjacent to an activating group) is 1. The number of alkyl carbamates (subject to hydrolysis) is 1. The van der Waals surface area contributed by atoms with Crippen molar-refractivity contribution in [2.24, 2.45) is 5.73 Å². The number of carbonyl (C=O) groups excluding carboxylic acids is 6. The maximum absolute atomic E-state index is 13.9. The van der Waals surface area contributed by atoms with E-state index in [0.717, 1.165) is 10.9 Å². The third-order valence-electron chi connectivity index (χ3n) is 9.71. The molecule has 22 nitrogen and oxygen atoms in total. The summed E-state index contributed by atoms with van der Waals surface area (Å²) in [6.07, 6.45) is -3.71. The van der Waals surface area contributed by atoms with Crippen LogP contribution in [0.3, 0.4) is 0 Å². The summed E-state index contributed by atoms with van der Waals surface area (Å²) >= 11 is 1.39. The van der Waals surface area contributed by atoms with Crippen LogP contribution in [0.1, 0.15) is 51.2 Å². The molecule has 0 bridgehead atoms. The lowest BCUT2D eigenvalue weighted by molar-refractivity contribution is -0.141. The highest BCUT2D eigenvalue weighted by molar-refractivity contribution is 7.98. The van der Waals surface area contributed by atoms with Gasteiger partial charge in [-0.1, -0.05) is 48.5 Å². The van der Waals surface area contributed by atoms with Gasteiger partial charge in [0.05, 0.1) is 19.1 Å². The van der Waals surface area contributed by atoms with E-state index in [4.69, 9.17) is 30.9 Å². The van der Waals surface area contributed by atoms with Crippen molar-refractivity contribution in [2.45, 2.75) is 107 Å². The molecule has 23 heteroatoms. The molecule has 3 rings (SSSR count). The largest absolute Gasteiger partial charge is 0.481 e. The second kappa shape index (κ2) is 29.0. The van der Waals surface area contributed by atoms with E-state index in [1.54, 1.807) is 70.6 Å². The van der Waals surface area contributed by atoms with Crippen molar-refractivity contribution in [3.63, 3.8) is 0 Å². The Morgan fingerprint density at radius 1 is 0.776 bits per heavy atom. The van der Waals surface area contributed by atoms with Crippen LogP contribution in [0.25, 0.3) is 10.9 Å². The summed E-state index contributed by atoms with van der Waals surface area (Å²) in [6, 6.07) is 10.8. The molecule has 6 amide bonds. The van der Waals surface area contributed by atoms with Crippen molar-refractivity contribution in [2.75, 3.05) is 38.8 Å². The average molecular weight is 963 g/mol. The third kappa shape index (κ3) is 21.1. The molecule has 0 spiro atoms. The summed E-state index contributed by atoms with van der Waals surface area (Å²) in [4.78, 5) is 93.2. The Labute approximate surface area is 392 Å². The van der Waals surface area contributed by atoms with E-state index in [9.17, 15) is 43.8 Å². The van der Waals surface area contributed by atoms with Crippen molar-refractivity contribution >= 4 is 64.3 Å². The lowest BCUT2D eigenvalue weighted by atomic mass is 10.0. The number of amides is 6. The zero-order valence-electron chi connectivity index (χ0n) is 38.2. The number of aliphatic hydroxyl groups is 5. The number of ether oxygens (including phenoxy) is 1. The van der Waals surface area contributed by atoms with Crippen molar-refractivity contribution in [3.8, 4) is 0 Å². The molecule has 0 radical (unpaired) electrons. The first-order valence-corrected chi connectivity index (χ1v) is 22.7. The van der Waals surface area contributed by atoms with Crippen LogP contribution in [0, 0.1) is 0 Å². The van der Waals surface area contributed by atoms with Gasteiger partial charge in [-0.2, -0.15) is 11.8 Å². The molecule has 0 saturated heterocycles. The van der Waals surface area contributed by atoms with Gasteiger partial charge in [0, 0.05) is 49.5 Å². The van der Waals surface area contributed by atoms with Crippen LogP contribution in [0.2, 0.25) is 0 Å². The molecule has 15 N–H and O–H groups in total. The van der Waals surface area contributed by atoms with Crippen molar-refractivity contribution in [1.29, 1.82) is 0 Å². The highest BCUT2D eigenvalue weighted by Gasteiger charge is 2.33. The number of rotatable bonds is 26. The smallest absolute Gasteiger partial charge is 0.407 e. The topological polar surface area (TPSA) is 364 Å². The lowest BCUT2D eigenvalue weighted by Gasteiger charge is -2.26. The molecular weight excluding hydrogens is 897 g/mol. The molecule has 67 heavy (non-hydrogen) atoms. The summed E-state index contributed by atoms with van der Waals surface area (Å²) in [5.74, 6) is -4.95. The van der Waals surface area contributed by atoms with Gasteiger partial charge in [0.25, 0.3) is 0 Å². The molecule has 372 valence electrons. The minimum atomic E-state index is -1.62. The van der Waals surface area contributed by atoms with E-state index >= 15 is 0 Å². The molecule has 0 saturated carbocycles. The molecule has 8 atom stereocenters. The van der Waals surface area contributed by atoms with E-state index in [1.165, 1.54) is 11.8 Å². The molecule has 3 aromatic rings. The lowest BCUT2D eigenvalue weighted by Crippen LogP contribution is -2.59. The predicted molar refractivity (Wildman–Crippen MR) is 248 cm³/mol.